The fourth-order valence-electron chi connectivity index (χ4n) is 4.87. The van der Waals surface area contributed by atoms with Gasteiger partial charge in [-0.3, -0.25) is 9.59 Å². The zero-order valence-electron chi connectivity index (χ0n) is 23.2. The average Bonchev–Trinajstić information content (AvgIpc) is 3.35. The van der Waals surface area contributed by atoms with Crippen molar-refractivity contribution in [1.82, 2.24) is 5.43 Å². The van der Waals surface area contributed by atoms with E-state index in [0.717, 1.165) is 46.0 Å². The highest BCUT2D eigenvalue weighted by molar-refractivity contribution is 7.17. The van der Waals surface area contributed by atoms with Crippen molar-refractivity contribution in [2.75, 3.05) is 11.9 Å². The largest absolute Gasteiger partial charge is 0.462 e. The molecule has 0 aliphatic heterocycles. The summed E-state index contributed by atoms with van der Waals surface area (Å²) in [5.41, 5.74) is 5.20. The number of nitrogens with zero attached hydrogens (tertiary/aromatic N) is 1. The van der Waals surface area contributed by atoms with Crippen molar-refractivity contribution in [1.29, 1.82) is 0 Å². The predicted octanol–water partition coefficient (Wildman–Crippen LogP) is 5.57. The summed E-state index contributed by atoms with van der Waals surface area (Å²) in [6.45, 7) is 3.79. The molecule has 0 radical (unpaired) electrons. The number of fused-ring (bicyclic) bond motifs is 2. The summed E-state index contributed by atoms with van der Waals surface area (Å²) in [5.74, 6) is -2.81. The first-order valence-corrected chi connectivity index (χ1v) is 14.4. The van der Waals surface area contributed by atoms with E-state index in [-0.39, 0.29) is 12.4 Å². The summed E-state index contributed by atoms with van der Waals surface area (Å²) in [7, 11) is 0. The lowest BCUT2D eigenvalue weighted by atomic mass is 9.95. The van der Waals surface area contributed by atoms with Gasteiger partial charge >= 0.3 is 23.8 Å². The number of ether oxygens (including phenoxy) is 2. The van der Waals surface area contributed by atoms with Crippen LogP contribution in [0.3, 0.4) is 0 Å². The van der Waals surface area contributed by atoms with Gasteiger partial charge in [-0.25, -0.2) is 15.0 Å². The van der Waals surface area contributed by atoms with E-state index >= 15 is 0 Å². The zero-order valence-corrected chi connectivity index (χ0v) is 24.0. The third-order valence-electron chi connectivity index (χ3n) is 6.83. The lowest BCUT2D eigenvalue weighted by molar-refractivity contribution is -0.136. The van der Waals surface area contributed by atoms with E-state index in [1.165, 1.54) is 17.6 Å². The first-order valence-electron chi connectivity index (χ1n) is 13.6. The highest BCUT2D eigenvalue weighted by Gasteiger charge is 2.28. The molecule has 4 aromatic rings. The topological polar surface area (TPSA) is 123 Å². The molecule has 0 atom stereocenters. The summed E-state index contributed by atoms with van der Waals surface area (Å²) in [6.07, 6.45) is 4.79. The maximum atomic E-state index is 12.9. The molecule has 5 rings (SSSR count). The van der Waals surface area contributed by atoms with Crippen molar-refractivity contribution in [3.8, 4) is 5.75 Å². The van der Waals surface area contributed by atoms with E-state index in [9.17, 15) is 19.2 Å². The Kier molecular flexibility index (Phi) is 8.73. The van der Waals surface area contributed by atoms with Crippen LogP contribution in [0.1, 0.15) is 62.0 Å². The average molecular weight is 584 g/mol. The van der Waals surface area contributed by atoms with Crippen LogP contribution in [0.25, 0.3) is 10.8 Å². The summed E-state index contributed by atoms with van der Waals surface area (Å²) < 4.78 is 10.9. The normalized spacial score (nSPS) is 12.5. The molecule has 214 valence electrons. The van der Waals surface area contributed by atoms with Crippen LogP contribution in [0.4, 0.5) is 5.00 Å². The third-order valence-corrected chi connectivity index (χ3v) is 8.04. The van der Waals surface area contributed by atoms with Crippen LogP contribution < -0.4 is 15.5 Å². The Bertz CT molecular complexity index is 1720. The Morgan fingerprint density at radius 3 is 2.57 bits per heavy atom. The Morgan fingerprint density at radius 1 is 0.952 bits per heavy atom. The molecular formula is C32H29N3O6S. The van der Waals surface area contributed by atoms with Crippen molar-refractivity contribution in [3.63, 3.8) is 0 Å². The molecule has 0 bridgehead atoms. The van der Waals surface area contributed by atoms with Gasteiger partial charge in [-0.05, 0) is 74.1 Å². The van der Waals surface area contributed by atoms with Crippen LogP contribution in [-0.4, -0.2) is 36.6 Å². The number of anilines is 1. The number of hydrogen-bond acceptors (Lipinski definition) is 8. The number of benzene rings is 3. The number of amides is 2. The van der Waals surface area contributed by atoms with Gasteiger partial charge in [0.05, 0.1) is 23.9 Å². The number of hydrogen-bond donors (Lipinski definition) is 2. The van der Waals surface area contributed by atoms with Gasteiger partial charge in [-0.1, -0.05) is 48.0 Å². The highest BCUT2D eigenvalue weighted by atomic mass is 32.1. The van der Waals surface area contributed by atoms with Crippen LogP contribution >= 0.6 is 11.3 Å². The molecule has 2 N–H and O–H groups in total. The number of esters is 2. The molecule has 1 aromatic heterocycles. The number of aryl methyl sites for hydroxylation is 2. The molecule has 1 aliphatic carbocycles. The minimum absolute atomic E-state index is 0.197. The van der Waals surface area contributed by atoms with Gasteiger partial charge in [0.15, 0.2) is 0 Å². The number of thiophene rings is 1. The van der Waals surface area contributed by atoms with Crippen molar-refractivity contribution in [2.24, 2.45) is 5.10 Å². The van der Waals surface area contributed by atoms with Gasteiger partial charge in [0.1, 0.15) is 10.8 Å². The molecule has 9 nitrogen and oxygen atoms in total. The van der Waals surface area contributed by atoms with Crippen molar-refractivity contribution < 1.29 is 28.7 Å². The van der Waals surface area contributed by atoms with E-state index in [1.807, 2.05) is 43.3 Å². The fraction of sp³-hybridized carbons (Fsp3) is 0.219. The molecule has 10 heteroatoms. The summed E-state index contributed by atoms with van der Waals surface area (Å²) in [4.78, 5) is 52.1. The Labute approximate surface area is 246 Å². The lowest BCUT2D eigenvalue weighted by Crippen LogP contribution is -2.32. The first-order chi connectivity index (χ1) is 20.4. The van der Waals surface area contributed by atoms with E-state index in [0.29, 0.717) is 28.1 Å². The third kappa shape index (κ3) is 6.23. The Hall–Kier alpha value is -4.83. The minimum Gasteiger partial charge on any atom is -0.462 e. The zero-order chi connectivity index (χ0) is 29.6. The van der Waals surface area contributed by atoms with Crippen LogP contribution in [0.15, 0.2) is 65.8 Å². The maximum absolute atomic E-state index is 12.9. The highest BCUT2D eigenvalue weighted by Crippen LogP contribution is 2.38. The second-order valence-corrected chi connectivity index (χ2v) is 10.9. The molecule has 3 aromatic carbocycles. The monoisotopic (exact) mass is 583 g/mol. The Morgan fingerprint density at radius 2 is 1.76 bits per heavy atom. The summed E-state index contributed by atoms with van der Waals surface area (Å²) >= 11 is 1.29. The van der Waals surface area contributed by atoms with Crippen molar-refractivity contribution >= 4 is 57.1 Å². The first kappa shape index (κ1) is 28.7. The van der Waals surface area contributed by atoms with Crippen molar-refractivity contribution in [2.45, 2.75) is 39.5 Å². The second-order valence-electron chi connectivity index (χ2n) is 9.75. The molecule has 42 heavy (non-hydrogen) atoms. The number of carbonyl (C=O) groups is 4. The van der Waals surface area contributed by atoms with E-state index in [4.69, 9.17) is 9.47 Å². The molecule has 0 unspecified atom stereocenters. The molecule has 0 saturated heterocycles. The molecule has 1 aliphatic rings. The molecule has 2 amide bonds. The van der Waals surface area contributed by atoms with E-state index in [2.05, 4.69) is 15.8 Å². The molecule has 0 fully saturated rings. The molecule has 1 heterocycles. The minimum atomic E-state index is -1.02. The number of hydrazone groups is 1. The number of carbonyl (C=O) groups excluding carboxylic acids is 4. The van der Waals surface area contributed by atoms with Gasteiger partial charge in [-0.15, -0.1) is 11.3 Å². The van der Waals surface area contributed by atoms with Crippen LogP contribution in [0.2, 0.25) is 0 Å². The summed E-state index contributed by atoms with van der Waals surface area (Å²) in [5, 5.41) is 8.46. The maximum Gasteiger partial charge on any atom is 0.343 e. The Balaban J connectivity index is 1.34. The predicted molar refractivity (Wildman–Crippen MR) is 161 cm³/mol. The molecule has 0 spiro atoms. The number of rotatable bonds is 7. The molecule has 0 saturated carbocycles. The number of nitrogens with one attached hydrogen (secondary N) is 2. The SMILES string of the molecule is CCOC(=O)c1c(NC(=O)C(=O)NN=Cc2c(OC(=O)c3cccc(C)c3)ccc3ccccc23)sc2c1CCCC2. The fourth-order valence-corrected chi connectivity index (χ4v) is 6.14. The van der Waals surface area contributed by atoms with Crippen LogP contribution in [0.5, 0.6) is 5.75 Å². The van der Waals surface area contributed by atoms with Gasteiger partial charge in [0, 0.05) is 10.4 Å². The van der Waals surface area contributed by atoms with Crippen LogP contribution in [-0.2, 0) is 27.2 Å². The van der Waals surface area contributed by atoms with Gasteiger partial charge in [0.2, 0.25) is 0 Å². The van der Waals surface area contributed by atoms with Gasteiger partial charge in [-0.2, -0.15) is 5.10 Å². The van der Waals surface area contributed by atoms with Crippen molar-refractivity contribution in [3.05, 3.63) is 93.4 Å². The van der Waals surface area contributed by atoms with Gasteiger partial charge < -0.3 is 14.8 Å². The second kappa shape index (κ2) is 12.8. The summed E-state index contributed by atoms with van der Waals surface area (Å²) in [6, 6.07) is 18.0. The molecular weight excluding hydrogens is 554 g/mol. The van der Waals surface area contributed by atoms with E-state index < -0.39 is 23.8 Å². The standard InChI is InChI=1S/C32H29N3O6S/c1-3-40-32(39)27-23-13-6-7-14-26(23)42-30(27)34-28(36)29(37)35-33-18-24-22-12-5-4-10-20(22)15-16-25(24)41-31(38)21-11-8-9-19(2)17-21/h4-5,8-12,15-18H,3,6-7,13-14H2,1-2H3,(H,34,36)(H,35,37). The lowest BCUT2D eigenvalue weighted by Gasteiger charge is -2.12. The quantitative estimate of drug-likeness (QED) is 0.0964. The smallest absolute Gasteiger partial charge is 0.343 e. The van der Waals surface area contributed by atoms with Crippen LogP contribution in [0, 0.1) is 6.92 Å². The van der Waals surface area contributed by atoms with E-state index in [1.54, 1.807) is 31.2 Å². The van der Waals surface area contributed by atoms with Gasteiger partial charge in [0.25, 0.3) is 0 Å².